The molecular formula is C19H22O4. The number of rotatable bonds is 5. The molecule has 2 aromatic carbocycles. The molecule has 1 aliphatic rings. The molecule has 1 atom stereocenters. The molecule has 2 aromatic rings. The van der Waals surface area contributed by atoms with Crippen LogP contribution in [0.4, 0.5) is 0 Å². The number of benzene rings is 2. The minimum absolute atomic E-state index is 0.0819. The number of phenolic OH excluding ortho intramolecular Hbond substituents is 1. The maximum absolute atomic E-state index is 9.66. The van der Waals surface area contributed by atoms with Crippen molar-refractivity contribution in [3.05, 3.63) is 47.5 Å². The van der Waals surface area contributed by atoms with Gasteiger partial charge in [-0.15, -0.1) is 0 Å². The van der Waals surface area contributed by atoms with E-state index in [4.69, 9.17) is 14.2 Å². The molecule has 0 spiro atoms. The summed E-state index contributed by atoms with van der Waals surface area (Å²) in [5.41, 5.74) is 2.15. The topological polar surface area (TPSA) is 47.9 Å². The van der Waals surface area contributed by atoms with Crippen molar-refractivity contribution < 1.29 is 19.3 Å². The van der Waals surface area contributed by atoms with Crippen molar-refractivity contribution in [3.63, 3.8) is 0 Å². The van der Waals surface area contributed by atoms with Gasteiger partial charge in [0.25, 0.3) is 0 Å². The normalized spacial score (nSPS) is 16.3. The van der Waals surface area contributed by atoms with Crippen LogP contribution in [0, 0.1) is 0 Å². The standard InChI is InChI=1S/C19H22O4/c1-3-21-15-8-9-16(19(12-15)22-4-2)17-10-6-13-5-7-14(20)11-18(13)23-17/h5,7-9,11-12,17,20H,3-4,6,10H2,1-2H3. The highest BCUT2D eigenvalue weighted by molar-refractivity contribution is 5.46. The maximum atomic E-state index is 9.66. The summed E-state index contributed by atoms with van der Waals surface area (Å²) in [5, 5.41) is 9.66. The van der Waals surface area contributed by atoms with Gasteiger partial charge in [-0.1, -0.05) is 6.07 Å². The smallest absolute Gasteiger partial charge is 0.129 e. The summed E-state index contributed by atoms with van der Waals surface area (Å²) < 4.78 is 17.4. The highest BCUT2D eigenvalue weighted by Gasteiger charge is 2.24. The number of hydrogen-bond acceptors (Lipinski definition) is 4. The van der Waals surface area contributed by atoms with Crippen LogP contribution < -0.4 is 14.2 Å². The van der Waals surface area contributed by atoms with Crippen LogP contribution in [0.25, 0.3) is 0 Å². The van der Waals surface area contributed by atoms with E-state index in [2.05, 4.69) is 0 Å². The second-order valence-corrected chi connectivity index (χ2v) is 5.50. The summed E-state index contributed by atoms with van der Waals surface area (Å²) in [6.07, 6.45) is 1.71. The van der Waals surface area contributed by atoms with Gasteiger partial charge in [0.05, 0.1) is 13.2 Å². The van der Waals surface area contributed by atoms with E-state index in [9.17, 15) is 5.11 Å². The Labute approximate surface area is 136 Å². The van der Waals surface area contributed by atoms with Crippen molar-refractivity contribution in [2.45, 2.75) is 32.8 Å². The lowest BCUT2D eigenvalue weighted by atomic mass is 9.96. The molecule has 0 bridgehead atoms. The molecule has 1 heterocycles. The largest absolute Gasteiger partial charge is 0.508 e. The van der Waals surface area contributed by atoms with Gasteiger partial charge in [0.2, 0.25) is 0 Å². The predicted octanol–water partition coefficient (Wildman–Crippen LogP) is 4.26. The quantitative estimate of drug-likeness (QED) is 0.896. The highest BCUT2D eigenvalue weighted by atomic mass is 16.5. The van der Waals surface area contributed by atoms with E-state index in [1.54, 1.807) is 12.1 Å². The first-order valence-corrected chi connectivity index (χ1v) is 8.09. The summed E-state index contributed by atoms with van der Waals surface area (Å²) in [4.78, 5) is 0. The number of aromatic hydroxyl groups is 1. The first-order valence-electron chi connectivity index (χ1n) is 8.09. The SMILES string of the molecule is CCOc1ccc(C2CCc3ccc(O)cc3O2)c(OCC)c1. The molecule has 0 saturated carbocycles. The average molecular weight is 314 g/mol. The Balaban J connectivity index is 1.89. The van der Waals surface area contributed by atoms with Gasteiger partial charge in [-0.2, -0.15) is 0 Å². The van der Waals surface area contributed by atoms with Crippen LogP contribution in [0.3, 0.4) is 0 Å². The molecule has 0 saturated heterocycles. The number of aryl methyl sites for hydroxylation is 1. The summed E-state index contributed by atoms with van der Waals surface area (Å²) in [7, 11) is 0. The van der Waals surface area contributed by atoms with Crippen molar-refractivity contribution in [2.75, 3.05) is 13.2 Å². The summed E-state index contributed by atoms with van der Waals surface area (Å²) >= 11 is 0. The Kier molecular flexibility index (Phi) is 4.60. The third kappa shape index (κ3) is 3.36. The molecule has 1 N–H and O–H groups in total. The monoisotopic (exact) mass is 314 g/mol. The lowest BCUT2D eigenvalue weighted by molar-refractivity contribution is 0.170. The van der Waals surface area contributed by atoms with E-state index in [1.165, 1.54) is 0 Å². The molecule has 1 aliphatic heterocycles. The van der Waals surface area contributed by atoms with Gasteiger partial charge in [-0.3, -0.25) is 0 Å². The Bertz CT molecular complexity index is 681. The maximum Gasteiger partial charge on any atom is 0.129 e. The minimum Gasteiger partial charge on any atom is -0.508 e. The van der Waals surface area contributed by atoms with Crippen LogP contribution in [0.1, 0.15) is 37.5 Å². The van der Waals surface area contributed by atoms with Gasteiger partial charge in [0.1, 0.15) is 29.1 Å². The molecule has 0 fully saturated rings. The van der Waals surface area contributed by atoms with E-state index < -0.39 is 0 Å². The molecule has 0 radical (unpaired) electrons. The fourth-order valence-corrected chi connectivity index (χ4v) is 2.89. The van der Waals surface area contributed by atoms with Gasteiger partial charge in [-0.25, -0.2) is 0 Å². The second kappa shape index (κ2) is 6.82. The molecule has 3 rings (SSSR count). The third-order valence-electron chi connectivity index (χ3n) is 3.94. The molecule has 0 aliphatic carbocycles. The number of fused-ring (bicyclic) bond motifs is 1. The predicted molar refractivity (Wildman–Crippen MR) is 88.6 cm³/mol. The van der Waals surface area contributed by atoms with Gasteiger partial charge >= 0.3 is 0 Å². The Morgan fingerprint density at radius 3 is 2.70 bits per heavy atom. The lowest BCUT2D eigenvalue weighted by Gasteiger charge is -2.28. The molecule has 122 valence electrons. The van der Waals surface area contributed by atoms with Crippen LogP contribution >= 0.6 is 0 Å². The fourth-order valence-electron chi connectivity index (χ4n) is 2.89. The van der Waals surface area contributed by atoms with Crippen LogP contribution in [0.5, 0.6) is 23.0 Å². The Morgan fingerprint density at radius 1 is 1.09 bits per heavy atom. The first kappa shape index (κ1) is 15.5. The molecular weight excluding hydrogens is 292 g/mol. The molecule has 0 amide bonds. The molecule has 1 unspecified atom stereocenters. The van der Waals surface area contributed by atoms with Crippen molar-refractivity contribution in [1.29, 1.82) is 0 Å². The van der Waals surface area contributed by atoms with E-state index in [0.29, 0.717) is 13.2 Å². The van der Waals surface area contributed by atoms with Gasteiger partial charge in [0, 0.05) is 17.7 Å². The molecule has 23 heavy (non-hydrogen) atoms. The van der Waals surface area contributed by atoms with E-state index in [-0.39, 0.29) is 11.9 Å². The van der Waals surface area contributed by atoms with Gasteiger partial charge in [0.15, 0.2) is 0 Å². The van der Waals surface area contributed by atoms with Crippen molar-refractivity contribution in [2.24, 2.45) is 0 Å². The third-order valence-corrected chi connectivity index (χ3v) is 3.94. The fraction of sp³-hybridized carbons (Fsp3) is 0.368. The Hall–Kier alpha value is -2.36. The summed E-state index contributed by atoms with van der Waals surface area (Å²) in [6.45, 7) is 5.14. The zero-order valence-corrected chi connectivity index (χ0v) is 13.5. The first-order chi connectivity index (χ1) is 11.2. The Morgan fingerprint density at radius 2 is 1.91 bits per heavy atom. The average Bonchev–Trinajstić information content (AvgIpc) is 2.55. The summed E-state index contributed by atoms with van der Waals surface area (Å²) in [6, 6.07) is 11.2. The van der Waals surface area contributed by atoms with Crippen molar-refractivity contribution in [3.8, 4) is 23.0 Å². The lowest BCUT2D eigenvalue weighted by Crippen LogP contribution is -2.16. The molecule has 4 nitrogen and oxygen atoms in total. The van der Waals surface area contributed by atoms with Crippen LogP contribution in [-0.4, -0.2) is 18.3 Å². The van der Waals surface area contributed by atoms with E-state index >= 15 is 0 Å². The van der Waals surface area contributed by atoms with Crippen LogP contribution in [0.15, 0.2) is 36.4 Å². The van der Waals surface area contributed by atoms with E-state index in [0.717, 1.165) is 41.2 Å². The number of ether oxygens (including phenoxy) is 3. The van der Waals surface area contributed by atoms with Crippen LogP contribution in [-0.2, 0) is 6.42 Å². The second-order valence-electron chi connectivity index (χ2n) is 5.50. The highest BCUT2D eigenvalue weighted by Crippen LogP contribution is 2.40. The number of hydrogen-bond donors (Lipinski definition) is 1. The zero-order chi connectivity index (χ0) is 16.2. The van der Waals surface area contributed by atoms with Crippen molar-refractivity contribution >= 4 is 0 Å². The van der Waals surface area contributed by atoms with Crippen molar-refractivity contribution in [1.82, 2.24) is 0 Å². The van der Waals surface area contributed by atoms with Gasteiger partial charge in [-0.05, 0) is 50.5 Å². The number of phenols is 1. The minimum atomic E-state index is -0.0819. The van der Waals surface area contributed by atoms with E-state index in [1.807, 2.05) is 38.1 Å². The summed E-state index contributed by atoms with van der Waals surface area (Å²) in [5.74, 6) is 2.57. The molecule has 4 heteroatoms. The van der Waals surface area contributed by atoms with Gasteiger partial charge < -0.3 is 19.3 Å². The van der Waals surface area contributed by atoms with Crippen LogP contribution in [0.2, 0.25) is 0 Å². The molecule has 0 aromatic heterocycles. The zero-order valence-electron chi connectivity index (χ0n) is 13.5.